The van der Waals surface area contributed by atoms with Gasteiger partial charge >= 0.3 is 6.03 Å². The lowest BCUT2D eigenvalue weighted by atomic mass is 9.86. The number of fused-ring (bicyclic) bond motifs is 1. The van der Waals surface area contributed by atoms with Crippen molar-refractivity contribution in [2.75, 3.05) is 36.8 Å². The van der Waals surface area contributed by atoms with Crippen LogP contribution in [0.3, 0.4) is 0 Å². The van der Waals surface area contributed by atoms with Gasteiger partial charge in [0.05, 0.1) is 18.0 Å². The van der Waals surface area contributed by atoms with Crippen LogP contribution in [0.5, 0.6) is 5.75 Å². The molecule has 0 radical (unpaired) electrons. The van der Waals surface area contributed by atoms with E-state index in [1.165, 1.54) is 0 Å². The second-order valence-electron chi connectivity index (χ2n) is 9.55. The van der Waals surface area contributed by atoms with Gasteiger partial charge in [0, 0.05) is 49.7 Å². The fraction of sp³-hybridized carbons (Fsp3) is 0.423. The predicted octanol–water partition coefficient (Wildman–Crippen LogP) is 4.37. The molecule has 35 heavy (non-hydrogen) atoms. The van der Waals surface area contributed by atoms with Gasteiger partial charge in [0.2, 0.25) is 11.8 Å². The van der Waals surface area contributed by atoms with Gasteiger partial charge in [-0.15, -0.1) is 0 Å². The summed E-state index contributed by atoms with van der Waals surface area (Å²) < 4.78 is 6.35. The lowest BCUT2D eigenvalue weighted by Crippen LogP contribution is -2.53. The van der Waals surface area contributed by atoms with E-state index in [0.29, 0.717) is 61.2 Å². The van der Waals surface area contributed by atoms with Crippen molar-refractivity contribution in [3.8, 4) is 5.75 Å². The molecule has 1 atom stereocenters. The second-order valence-corrected chi connectivity index (χ2v) is 9.99. The zero-order valence-electron chi connectivity index (χ0n) is 19.5. The fourth-order valence-electron chi connectivity index (χ4n) is 5.19. The predicted molar refractivity (Wildman–Crippen MR) is 134 cm³/mol. The maximum atomic E-state index is 13.4. The Morgan fingerprint density at radius 1 is 1.03 bits per heavy atom. The molecule has 0 aromatic heterocycles. The summed E-state index contributed by atoms with van der Waals surface area (Å²) in [6.07, 6.45) is 2.99. The van der Waals surface area contributed by atoms with E-state index < -0.39 is 5.60 Å². The Labute approximate surface area is 209 Å². The number of para-hydroxylation sites is 2. The number of ether oxygens (including phenoxy) is 1. The van der Waals surface area contributed by atoms with E-state index in [2.05, 4.69) is 10.6 Å². The molecule has 5 rings (SSSR count). The molecule has 3 aliphatic heterocycles. The van der Waals surface area contributed by atoms with E-state index >= 15 is 0 Å². The number of carbonyl (C=O) groups is 3. The number of nitrogens with zero attached hydrogens (tertiary/aromatic N) is 2. The van der Waals surface area contributed by atoms with Crippen molar-refractivity contribution in [2.45, 2.75) is 37.7 Å². The third kappa shape index (κ3) is 5.22. The lowest BCUT2D eigenvalue weighted by Gasteiger charge is -2.42. The normalized spacial score (nSPS) is 21.4. The third-order valence-corrected chi connectivity index (χ3v) is 7.36. The summed E-state index contributed by atoms with van der Waals surface area (Å²) in [5.74, 6) is 0.451. The number of likely N-dealkylation sites (tertiary alicyclic amines) is 2. The highest BCUT2D eigenvalue weighted by atomic mass is 35.5. The molecule has 9 heteroatoms. The highest BCUT2D eigenvalue weighted by Gasteiger charge is 2.43. The van der Waals surface area contributed by atoms with E-state index in [0.717, 1.165) is 12.8 Å². The summed E-state index contributed by atoms with van der Waals surface area (Å²) in [5, 5.41) is 6.41. The van der Waals surface area contributed by atoms with Gasteiger partial charge in [-0.2, -0.15) is 0 Å². The molecule has 2 N–H and O–H groups in total. The number of carbonyl (C=O) groups excluding carboxylic acids is 3. The first-order valence-electron chi connectivity index (χ1n) is 12.1. The Kier molecular flexibility index (Phi) is 6.56. The van der Waals surface area contributed by atoms with Crippen molar-refractivity contribution in [2.24, 2.45) is 5.92 Å². The van der Waals surface area contributed by atoms with Crippen LogP contribution in [0.1, 0.15) is 32.1 Å². The van der Waals surface area contributed by atoms with Gasteiger partial charge in [-0.1, -0.05) is 23.7 Å². The molecule has 8 nitrogen and oxygen atoms in total. The molecule has 0 bridgehead atoms. The summed E-state index contributed by atoms with van der Waals surface area (Å²) >= 11 is 5.92. The Morgan fingerprint density at radius 2 is 1.77 bits per heavy atom. The number of rotatable bonds is 2. The van der Waals surface area contributed by atoms with Crippen molar-refractivity contribution in [3.63, 3.8) is 0 Å². The standard InChI is InChI=1S/C26H29ClN4O4/c27-19-7-9-20(10-8-19)28-25(34)31-13-3-4-18(17-31)24(33)30-14-11-26(12-15-30)16-23(32)29-21-5-1-2-6-22(21)35-26/h1-2,5-10,18H,3-4,11-17H2,(H,28,34)(H,29,32). The van der Waals surface area contributed by atoms with Gasteiger partial charge in [0.15, 0.2) is 0 Å². The molecule has 4 amide bonds. The van der Waals surface area contributed by atoms with Crippen LogP contribution in [-0.2, 0) is 9.59 Å². The van der Waals surface area contributed by atoms with E-state index in [4.69, 9.17) is 16.3 Å². The van der Waals surface area contributed by atoms with Crippen LogP contribution in [0.15, 0.2) is 48.5 Å². The molecule has 3 heterocycles. The second kappa shape index (κ2) is 9.77. The summed E-state index contributed by atoms with van der Waals surface area (Å²) in [7, 11) is 0. The molecule has 0 aliphatic carbocycles. The van der Waals surface area contributed by atoms with E-state index in [9.17, 15) is 14.4 Å². The van der Waals surface area contributed by atoms with Gasteiger partial charge in [-0.3, -0.25) is 9.59 Å². The van der Waals surface area contributed by atoms with E-state index in [1.807, 2.05) is 29.2 Å². The molecular formula is C26H29ClN4O4. The maximum absolute atomic E-state index is 13.4. The lowest BCUT2D eigenvalue weighted by molar-refractivity contribution is -0.140. The first-order chi connectivity index (χ1) is 16.9. The van der Waals surface area contributed by atoms with Gasteiger partial charge in [-0.25, -0.2) is 4.79 Å². The highest BCUT2D eigenvalue weighted by molar-refractivity contribution is 6.30. The molecular weight excluding hydrogens is 468 g/mol. The number of anilines is 2. The molecule has 0 saturated carbocycles. The monoisotopic (exact) mass is 496 g/mol. The Bertz CT molecular complexity index is 1110. The minimum Gasteiger partial charge on any atom is -0.484 e. The first-order valence-corrected chi connectivity index (χ1v) is 12.5. The Hall–Kier alpha value is -3.26. The number of hydrogen-bond donors (Lipinski definition) is 2. The number of amides is 4. The van der Waals surface area contributed by atoms with Gasteiger partial charge in [0.25, 0.3) is 0 Å². The van der Waals surface area contributed by atoms with Crippen LogP contribution in [-0.4, -0.2) is 59.4 Å². The third-order valence-electron chi connectivity index (χ3n) is 7.11. The molecule has 2 fully saturated rings. The first kappa shape index (κ1) is 23.5. The number of halogens is 1. The Morgan fingerprint density at radius 3 is 2.54 bits per heavy atom. The number of benzene rings is 2. The molecule has 2 aromatic carbocycles. The van der Waals surface area contributed by atoms with Crippen molar-refractivity contribution in [1.29, 1.82) is 0 Å². The molecule has 3 aliphatic rings. The van der Waals surface area contributed by atoms with Crippen LogP contribution in [0.2, 0.25) is 5.02 Å². The van der Waals surface area contributed by atoms with Gasteiger partial charge in [0.1, 0.15) is 11.4 Å². The molecule has 2 aromatic rings. The van der Waals surface area contributed by atoms with Crippen LogP contribution >= 0.6 is 11.6 Å². The average molecular weight is 497 g/mol. The van der Waals surface area contributed by atoms with Gasteiger partial charge in [-0.05, 0) is 49.2 Å². The number of hydrogen-bond acceptors (Lipinski definition) is 4. The average Bonchev–Trinajstić information content (AvgIpc) is 3.00. The minimum absolute atomic E-state index is 0.0654. The quantitative estimate of drug-likeness (QED) is 0.646. The molecule has 1 spiro atoms. The van der Waals surface area contributed by atoms with Crippen molar-refractivity contribution in [3.05, 3.63) is 53.6 Å². The van der Waals surface area contributed by atoms with Crippen molar-refractivity contribution < 1.29 is 19.1 Å². The van der Waals surface area contributed by atoms with E-state index in [1.54, 1.807) is 29.2 Å². The largest absolute Gasteiger partial charge is 0.484 e. The zero-order chi connectivity index (χ0) is 24.4. The zero-order valence-corrected chi connectivity index (χ0v) is 20.2. The molecule has 2 saturated heterocycles. The van der Waals surface area contributed by atoms with Crippen LogP contribution < -0.4 is 15.4 Å². The van der Waals surface area contributed by atoms with Crippen molar-refractivity contribution in [1.82, 2.24) is 9.80 Å². The smallest absolute Gasteiger partial charge is 0.321 e. The molecule has 1 unspecified atom stereocenters. The minimum atomic E-state index is -0.607. The molecule has 184 valence electrons. The topological polar surface area (TPSA) is 91.0 Å². The highest BCUT2D eigenvalue weighted by Crippen LogP contribution is 2.38. The summed E-state index contributed by atoms with van der Waals surface area (Å²) in [4.78, 5) is 42.2. The fourth-order valence-corrected chi connectivity index (χ4v) is 5.31. The SMILES string of the molecule is O=C1CC2(CCN(C(=O)C3CCCN(C(=O)Nc4ccc(Cl)cc4)C3)CC2)Oc2ccccc2N1. The van der Waals surface area contributed by atoms with Gasteiger partial charge < -0.3 is 25.2 Å². The number of urea groups is 1. The maximum Gasteiger partial charge on any atom is 0.321 e. The summed E-state index contributed by atoms with van der Waals surface area (Å²) in [6.45, 7) is 2.07. The number of piperidine rings is 2. The number of nitrogens with one attached hydrogen (secondary N) is 2. The Balaban J connectivity index is 1.19. The van der Waals surface area contributed by atoms with Crippen LogP contribution in [0.4, 0.5) is 16.2 Å². The summed E-state index contributed by atoms with van der Waals surface area (Å²) in [5.41, 5.74) is 0.750. The van der Waals surface area contributed by atoms with Crippen LogP contribution in [0.25, 0.3) is 0 Å². The van der Waals surface area contributed by atoms with Crippen LogP contribution in [0, 0.1) is 5.92 Å². The van der Waals surface area contributed by atoms with Crippen molar-refractivity contribution >= 4 is 40.8 Å². The van der Waals surface area contributed by atoms with E-state index in [-0.39, 0.29) is 30.2 Å². The summed E-state index contributed by atoms with van der Waals surface area (Å²) in [6, 6.07) is 14.2.